The third-order valence-corrected chi connectivity index (χ3v) is 3.77. The van der Waals surface area contributed by atoms with Gasteiger partial charge >= 0.3 is 0 Å². The Hall–Kier alpha value is -2.69. The first-order valence-electron chi connectivity index (χ1n) is 7.46. The lowest BCUT2D eigenvalue weighted by molar-refractivity contribution is -0.384. The molecular weight excluding hydrogens is 292 g/mol. The highest BCUT2D eigenvalue weighted by Crippen LogP contribution is 2.27. The molecule has 0 aliphatic heterocycles. The number of nitrogens with zero attached hydrogens (tertiary/aromatic N) is 2. The summed E-state index contributed by atoms with van der Waals surface area (Å²) in [5.41, 5.74) is 3.68. The van der Waals surface area contributed by atoms with Crippen molar-refractivity contribution in [3.63, 3.8) is 0 Å². The van der Waals surface area contributed by atoms with Crippen molar-refractivity contribution in [2.24, 2.45) is 0 Å². The number of nitro benzene ring substituents is 1. The maximum atomic E-state index is 10.8. The maximum absolute atomic E-state index is 10.8. The predicted molar refractivity (Wildman–Crippen MR) is 88.6 cm³/mol. The van der Waals surface area contributed by atoms with E-state index in [0.717, 1.165) is 16.7 Å². The minimum absolute atomic E-state index is 0.0490. The fourth-order valence-corrected chi connectivity index (χ4v) is 2.47. The number of non-ortho nitro benzene ring substituents is 1. The van der Waals surface area contributed by atoms with Crippen LogP contribution in [0.25, 0.3) is 11.1 Å². The summed E-state index contributed by atoms with van der Waals surface area (Å²) in [6.45, 7) is 6.45. The second kappa shape index (κ2) is 5.50. The standard InChI is InChI=1S/C18H18N2O3/c1-18(2,3)13-7-8-16-15(11-13)19-17(23-16)10-12-5-4-6-14(9-12)20(21)22/h4-9,11H,10H2,1-3H3. The highest BCUT2D eigenvalue weighted by molar-refractivity contribution is 5.73. The highest BCUT2D eigenvalue weighted by Gasteiger charge is 2.16. The molecule has 0 N–H and O–H groups in total. The molecular formula is C18H18N2O3. The number of benzene rings is 2. The Morgan fingerprint density at radius 1 is 1.17 bits per heavy atom. The highest BCUT2D eigenvalue weighted by atomic mass is 16.6. The molecule has 2 aromatic carbocycles. The van der Waals surface area contributed by atoms with Crippen LogP contribution in [0.2, 0.25) is 0 Å². The molecule has 0 atom stereocenters. The van der Waals surface area contributed by atoms with E-state index in [2.05, 4.69) is 25.8 Å². The summed E-state index contributed by atoms with van der Waals surface area (Å²) in [6, 6.07) is 12.6. The summed E-state index contributed by atoms with van der Waals surface area (Å²) in [7, 11) is 0. The molecule has 3 aromatic rings. The minimum atomic E-state index is -0.398. The van der Waals surface area contributed by atoms with Crippen LogP contribution in [0.4, 0.5) is 5.69 Å². The number of hydrogen-bond acceptors (Lipinski definition) is 4. The molecule has 1 aromatic heterocycles. The van der Waals surface area contributed by atoms with Crippen LogP contribution in [0.15, 0.2) is 46.9 Å². The van der Waals surface area contributed by atoms with Gasteiger partial charge in [0.2, 0.25) is 0 Å². The van der Waals surface area contributed by atoms with Crippen LogP contribution >= 0.6 is 0 Å². The van der Waals surface area contributed by atoms with Crippen molar-refractivity contribution in [1.82, 2.24) is 4.98 Å². The molecule has 3 rings (SSSR count). The van der Waals surface area contributed by atoms with Gasteiger partial charge in [0.15, 0.2) is 11.5 Å². The molecule has 1 heterocycles. The Kier molecular flexibility index (Phi) is 3.64. The monoisotopic (exact) mass is 310 g/mol. The zero-order valence-electron chi connectivity index (χ0n) is 13.4. The molecule has 0 bridgehead atoms. The molecule has 0 radical (unpaired) electrons. The summed E-state index contributed by atoms with van der Waals surface area (Å²) in [5.74, 6) is 0.562. The zero-order valence-corrected chi connectivity index (χ0v) is 13.4. The van der Waals surface area contributed by atoms with Crippen LogP contribution in [0.3, 0.4) is 0 Å². The molecule has 0 spiro atoms. The van der Waals surface area contributed by atoms with Crippen molar-refractivity contribution >= 4 is 16.8 Å². The number of rotatable bonds is 3. The minimum Gasteiger partial charge on any atom is -0.440 e. The summed E-state index contributed by atoms with van der Waals surface area (Å²) in [5, 5.41) is 10.8. The largest absolute Gasteiger partial charge is 0.440 e. The van der Waals surface area contributed by atoms with E-state index in [1.165, 1.54) is 11.6 Å². The van der Waals surface area contributed by atoms with Gasteiger partial charge in [0.25, 0.3) is 5.69 Å². The van der Waals surface area contributed by atoms with Crippen LogP contribution in [-0.2, 0) is 11.8 Å². The van der Waals surface area contributed by atoms with Gasteiger partial charge in [0.1, 0.15) is 5.52 Å². The topological polar surface area (TPSA) is 69.2 Å². The molecule has 0 aliphatic carbocycles. The average Bonchev–Trinajstić information content (AvgIpc) is 2.87. The molecule has 0 saturated carbocycles. The first kappa shape index (κ1) is 15.2. The maximum Gasteiger partial charge on any atom is 0.269 e. The van der Waals surface area contributed by atoms with Gasteiger partial charge in [-0.1, -0.05) is 39.0 Å². The Morgan fingerprint density at radius 2 is 1.96 bits per heavy atom. The third kappa shape index (κ3) is 3.23. The van der Waals surface area contributed by atoms with E-state index in [1.54, 1.807) is 12.1 Å². The van der Waals surface area contributed by atoms with Gasteiger partial charge in [-0.3, -0.25) is 10.1 Å². The van der Waals surface area contributed by atoms with Gasteiger partial charge in [-0.15, -0.1) is 0 Å². The van der Waals surface area contributed by atoms with E-state index >= 15 is 0 Å². The number of nitro groups is 1. The molecule has 0 aliphatic rings. The van der Waals surface area contributed by atoms with E-state index in [9.17, 15) is 10.1 Å². The Bertz CT molecular complexity index is 875. The van der Waals surface area contributed by atoms with Crippen LogP contribution in [0, 0.1) is 10.1 Å². The van der Waals surface area contributed by atoms with Gasteiger partial charge in [0.05, 0.1) is 4.92 Å². The van der Waals surface area contributed by atoms with Crippen molar-refractivity contribution in [2.45, 2.75) is 32.6 Å². The van der Waals surface area contributed by atoms with Gasteiger partial charge in [-0.05, 0) is 28.7 Å². The van der Waals surface area contributed by atoms with Crippen molar-refractivity contribution in [3.05, 3.63) is 69.6 Å². The van der Waals surface area contributed by atoms with E-state index in [-0.39, 0.29) is 11.1 Å². The van der Waals surface area contributed by atoms with Crippen LogP contribution in [0.1, 0.15) is 37.8 Å². The summed E-state index contributed by atoms with van der Waals surface area (Å²) in [6.07, 6.45) is 0.432. The SMILES string of the molecule is CC(C)(C)c1ccc2oc(Cc3cccc([N+](=O)[O-])c3)nc2c1. The van der Waals surface area contributed by atoms with Crippen molar-refractivity contribution in [1.29, 1.82) is 0 Å². The molecule has 23 heavy (non-hydrogen) atoms. The summed E-state index contributed by atoms with van der Waals surface area (Å²) < 4.78 is 5.76. The molecule has 0 unspecified atom stereocenters. The Morgan fingerprint density at radius 3 is 2.65 bits per heavy atom. The second-order valence-electron chi connectivity index (χ2n) is 6.64. The van der Waals surface area contributed by atoms with Gasteiger partial charge in [0, 0.05) is 18.6 Å². The molecule has 0 saturated heterocycles. The smallest absolute Gasteiger partial charge is 0.269 e. The van der Waals surface area contributed by atoms with Gasteiger partial charge in [-0.2, -0.15) is 0 Å². The lowest BCUT2D eigenvalue weighted by atomic mass is 9.87. The van der Waals surface area contributed by atoms with E-state index in [4.69, 9.17) is 4.42 Å². The van der Waals surface area contributed by atoms with Crippen molar-refractivity contribution in [3.8, 4) is 0 Å². The van der Waals surface area contributed by atoms with Gasteiger partial charge < -0.3 is 4.42 Å². The van der Waals surface area contributed by atoms with E-state index in [0.29, 0.717) is 12.3 Å². The van der Waals surface area contributed by atoms with Crippen molar-refractivity contribution < 1.29 is 9.34 Å². The van der Waals surface area contributed by atoms with Gasteiger partial charge in [-0.25, -0.2) is 4.98 Å². The van der Waals surface area contributed by atoms with Crippen LogP contribution in [0.5, 0.6) is 0 Å². The first-order chi connectivity index (χ1) is 10.8. The number of oxazole rings is 1. The summed E-state index contributed by atoms with van der Waals surface area (Å²) >= 11 is 0. The second-order valence-corrected chi connectivity index (χ2v) is 6.64. The van der Waals surface area contributed by atoms with Crippen LogP contribution in [-0.4, -0.2) is 9.91 Å². The Balaban J connectivity index is 1.92. The summed E-state index contributed by atoms with van der Waals surface area (Å²) in [4.78, 5) is 15.0. The van der Waals surface area contributed by atoms with E-state index in [1.807, 2.05) is 24.3 Å². The fourth-order valence-electron chi connectivity index (χ4n) is 2.47. The van der Waals surface area contributed by atoms with Crippen molar-refractivity contribution in [2.75, 3.05) is 0 Å². The number of aromatic nitrogens is 1. The molecule has 5 nitrogen and oxygen atoms in total. The molecule has 118 valence electrons. The fraction of sp³-hybridized carbons (Fsp3) is 0.278. The first-order valence-corrected chi connectivity index (χ1v) is 7.46. The molecule has 5 heteroatoms. The average molecular weight is 310 g/mol. The third-order valence-electron chi connectivity index (χ3n) is 3.77. The predicted octanol–water partition coefficient (Wildman–Crippen LogP) is 4.62. The number of fused-ring (bicyclic) bond motifs is 1. The quantitative estimate of drug-likeness (QED) is 0.522. The Labute approximate surface area is 134 Å². The van der Waals surface area contributed by atoms with Crippen LogP contribution < -0.4 is 0 Å². The number of hydrogen-bond donors (Lipinski definition) is 0. The molecule has 0 amide bonds. The molecule has 0 fully saturated rings. The lowest BCUT2D eigenvalue weighted by Gasteiger charge is -2.18. The van der Waals surface area contributed by atoms with E-state index < -0.39 is 4.92 Å². The normalized spacial score (nSPS) is 11.8. The lowest BCUT2D eigenvalue weighted by Crippen LogP contribution is -2.10. The zero-order chi connectivity index (χ0) is 16.6.